The number of likely N-dealkylation sites (tertiary alicyclic amines) is 1. The van der Waals surface area contributed by atoms with Crippen LogP contribution in [0.2, 0.25) is 0 Å². The molecule has 3 aliphatic rings. The Balaban J connectivity index is 1.34. The van der Waals surface area contributed by atoms with Gasteiger partial charge in [0.2, 0.25) is 25.4 Å². The first-order valence-corrected chi connectivity index (χ1v) is 27.3. The quantitative estimate of drug-likeness (QED) is 0.0178. The van der Waals surface area contributed by atoms with Gasteiger partial charge in [-0.3, -0.25) is 23.2 Å². The maximum absolute atomic E-state index is 15.1. The van der Waals surface area contributed by atoms with Gasteiger partial charge in [-0.15, -0.1) is 17.9 Å². The van der Waals surface area contributed by atoms with Gasteiger partial charge in [0, 0.05) is 41.3 Å². The molecule has 0 unspecified atom stereocenters. The second-order valence-electron chi connectivity index (χ2n) is 19.6. The molecule has 1 aromatic carbocycles. The number of methoxy groups -OCH3 is 1. The van der Waals surface area contributed by atoms with Crippen molar-refractivity contribution >= 4 is 65.2 Å². The first kappa shape index (κ1) is 56.6. The van der Waals surface area contributed by atoms with Gasteiger partial charge in [0.15, 0.2) is 5.13 Å². The molecule has 3 amide bonds. The topological polar surface area (TPSA) is 251 Å². The van der Waals surface area contributed by atoms with Gasteiger partial charge in [0.25, 0.3) is 0 Å². The van der Waals surface area contributed by atoms with Gasteiger partial charge in [0.05, 0.1) is 38.1 Å². The molecule has 3 N–H and O–H groups in total. The predicted octanol–water partition coefficient (Wildman–Crippen LogP) is 9.69. The molecule has 3 heterocycles. The molecule has 73 heavy (non-hydrogen) atoms. The highest BCUT2D eigenvalue weighted by Gasteiger charge is 2.69. The molecule has 1 saturated heterocycles. The Labute approximate surface area is 430 Å². The fraction of sp³-hybridized carbons (Fsp3) is 0.620. The van der Waals surface area contributed by atoms with Crippen molar-refractivity contribution in [3.05, 3.63) is 42.3 Å². The van der Waals surface area contributed by atoms with Gasteiger partial charge in [-0.25, -0.2) is 24.4 Å². The summed E-state index contributed by atoms with van der Waals surface area (Å²) in [6, 6.07) is 4.73. The lowest BCUT2D eigenvalue weighted by atomic mass is 9.85. The van der Waals surface area contributed by atoms with Crippen LogP contribution in [0.4, 0.5) is 19.5 Å². The predicted molar refractivity (Wildman–Crippen MR) is 271 cm³/mol. The molecule has 6 rings (SSSR count). The molecule has 1 aliphatic heterocycles. The third-order valence-corrected chi connectivity index (χ3v) is 15.9. The third kappa shape index (κ3) is 14.8. The number of benzene rings is 1. The Bertz CT molecular complexity index is 2430. The maximum atomic E-state index is 15.1. The summed E-state index contributed by atoms with van der Waals surface area (Å²) < 4.78 is 64.9. The molecule has 23 heteroatoms. The number of thiazole rings is 1. The number of pyridine rings is 1. The van der Waals surface area contributed by atoms with Crippen molar-refractivity contribution in [3.63, 3.8) is 0 Å². The number of hydrogen-bond acceptors (Lipinski definition) is 19. The minimum atomic E-state index is -4.73. The molecule has 0 radical (unpaired) electrons. The smallest absolute Gasteiger partial charge is 0.497 e. The Hall–Kier alpha value is -5.70. The molecule has 2 saturated carbocycles. The van der Waals surface area contributed by atoms with Gasteiger partial charge < -0.3 is 54.0 Å². The van der Waals surface area contributed by atoms with Crippen LogP contribution in [0.3, 0.4) is 0 Å². The summed E-state index contributed by atoms with van der Waals surface area (Å²) in [6.45, 7) is 15.2. The van der Waals surface area contributed by atoms with Crippen molar-refractivity contribution in [1.29, 1.82) is 0 Å². The van der Waals surface area contributed by atoms with Crippen LogP contribution in [0.25, 0.3) is 22.3 Å². The van der Waals surface area contributed by atoms with Crippen molar-refractivity contribution in [1.82, 2.24) is 25.5 Å². The number of hydrogen-bond donors (Lipinski definition) is 3. The SMILES string of the molecule is C=C[C@@H]1C[C@]1(NC(=O)[C@@H]1C[C@@H](Oc2cc(-c3csc(NC(C)C)n3)nc3cc(OC)ccc23)CN1C(=O)[C@@H](NC(=O)OC1CCCC1)C(C)(C)C)P(=O)(OCOC(=O)OCCCC)OCOC(=O)OCCCC. The molecule has 0 spiro atoms. The fourth-order valence-corrected chi connectivity index (χ4v) is 11.5. The van der Waals surface area contributed by atoms with E-state index in [0.29, 0.717) is 64.6 Å². The normalized spacial score (nSPS) is 20.2. The van der Waals surface area contributed by atoms with Crippen LogP contribution in [-0.2, 0) is 46.9 Å². The zero-order chi connectivity index (χ0) is 52.9. The fourth-order valence-electron chi connectivity index (χ4n) is 8.53. The largest absolute Gasteiger partial charge is 0.510 e. The second kappa shape index (κ2) is 25.5. The van der Waals surface area contributed by atoms with E-state index in [1.165, 1.54) is 22.3 Å². The number of unbranched alkanes of at least 4 members (excludes halogenated alkanes) is 2. The van der Waals surface area contributed by atoms with Crippen molar-refractivity contribution < 1.29 is 70.7 Å². The number of ether oxygens (including phenoxy) is 7. The van der Waals surface area contributed by atoms with Crippen LogP contribution in [0, 0.1) is 11.3 Å². The molecular formula is C50H71N6O15PS. The molecule has 0 bridgehead atoms. The van der Waals surface area contributed by atoms with Crippen LogP contribution in [-0.4, -0.2) is 121 Å². The molecule has 3 fully saturated rings. The zero-order valence-corrected chi connectivity index (χ0v) is 44.8. The molecule has 21 nitrogen and oxygen atoms in total. The van der Waals surface area contributed by atoms with E-state index in [0.717, 1.165) is 25.7 Å². The minimum absolute atomic E-state index is 0.0402. The van der Waals surface area contributed by atoms with Gasteiger partial charge in [0.1, 0.15) is 46.8 Å². The molecule has 3 aromatic rings. The number of carbonyl (C=O) groups is 5. The number of amides is 3. The molecule has 402 valence electrons. The minimum Gasteiger partial charge on any atom is -0.497 e. The van der Waals surface area contributed by atoms with Crippen LogP contribution in [0.5, 0.6) is 11.5 Å². The summed E-state index contributed by atoms with van der Waals surface area (Å²) in [5, 5.41) is 10.3. The molecule has 5 atom stereocenters. The van der Waals surface area contributed by atoms with Crippen molar-refractivity contribution in [3.8, 4) is 22.9 Å². The summed E-state index contributed by atoms with van der Waals surface area (Å²) in [4.78, 5) is 79.5. The van der Waals surface area contributed by atoms with E-state index in [4.69, 9.17) is 52.2 Å². The van der Waals surface area contributed by atoms with E-state index in [-0.39, 0.29) is 44.7 Å². The Morgan fingerprint density at radius 1 is 0.932 bits per heavy atom. The number of carbonyl (C=O) groups excluding carboxylic acids is 5. The number of alkyl carbamates (subject to hydrolysis) is 1. The van der Waals surface area contributed by atoms with Crippen molar-refractivity contribution in [2.45, 2.75) is 148 Å². The highest BCUT2D eigenvalue weighted by Crippen LogP contribution is 2.73. The Kier molecular flexibility index (Phi) is 19.8. The van der Waals surface area contributed by atoms with E-state index >= 15 is 14.2 Å². The van der Waals surface area contributed by atoms with E-state index < -0.39 is 86.2 Å². The number of fused-ring (bicyclic) bond motifs is 1. The number of nitrogens with zero attached hydrogens (tertiary/aromatic N) is 3. The van der Waals surface area contributed by atoms with Gasteiger partial charge in [-0.05, 0) is 76.3 Å². The summed E-state index contributed by atoms with van der Waals surface area (Å²) in [7, 11) is -3.18. The van der Waals surface area contributed by atoms with E-state index in [2.05, 4.69) is 22.5 Å². The van der Waals surface area contributed by atoms with Crippen LogP contribution >= 0.6 is 18.9 Å². The van der Waals surface area contributed by atoms with Crippen molar-refractivity contribution in [2.24, 2.45) is 11.3 Å². The highest BCUT2D eigenvalue weighted by atomic mass is 32.1. The summed E-state index contributed by atoms with van der Waals surface area (Å²) in [5.41, 5.74) is 0.732. The average Bonchev–Trinajstić information content (AvgIpc) is 3.74. The third-order valence-electron chi connectivity index (χ3n) is 12.6. The number of nitrogens with one attached hydrogen (secondary N) is 3. The summed E-state index contributed by atoms with van der Waals surface area (Å²) >= 11 is 1.43. The van der Waals surface area contributed by atoms with Crippen LogP contribution in [0.15, 0.2) is 42.3 Å². The first-order chi connectivity index (χ1) is 34.8. The monoisotopic (exact) mass is 1060 g/mol. The van der Waals surface area contributed by atoms with Crippen LogP contribution < -0.4 is 25.4 Å². The lowest BCUT2D eigenvalue weighted by molar-refractivity contribution is -0.142. The summed E-state index contributed by atoms with van der Waals surface area (Å²) in [6.07, 6.45) is 3.12. The lowest BCUT2D eigenvalue weighted by Gasteiger charge is -2.36. The average molecular weight is 1060 g/mol. The maximum Gasteiger partial charge on any atom is 0.510 e. The molecular weight excluding hydrogens is 988 g/mol. The van der Waals surface area contributed by atoms with Crippen molar-refractivity contribution in [2.75, 3.05) is 45.8 Å². The summed E-state index contributed by atoms with van der Waals surface area (Å²) in [5.74, 6) is -1.20. The Morgan fingerprint density at radius 3 is 2.16 bits per heavy atom. The standard InChI is InChI=1S/C50H71N6O15PS/c1-10-13-21-64-47(60)66-29-68-72(62,69-30-67-48(61)65-22-14-11-2)50(26-32(50)12-3)55-43(57)40-24-35(27-56(40)44(58)42(49(6,7)8)54-46(59)71-33-17-15-16-18-33)70-41-25-38(39-28-73-45(53-39)51-31(4)5)52-37-23-34(63-9)19-20-36(37)41/h12,19-20,23,25,28,31-33,35,40,42H,3,10-11,13-18,21-22,24,26-27,29-30H2,1-2,4-9H3,(H,51,53)(H,54,59)(H,55,57)/t32-,35-,40+,42-,50+/m1/s1. The van der Waals surface area contributed by atoms with E-state index in [1.807, 2.05) is 33.1 Å². The first-order valence-electron chi connectivity index (χ1n) is 24.9. The Morgan fingerprint density at radius 2 is 1.59 bits per heavy atom. The number of aromatic nitrogens is 2. The number of rotatable bonds is 25. The van der Waals surface area contributed by atoms with Gasteiger partial charge >= 0.3 is 26.0 Å². The molecule has 2 aliphatic carbocycles. The van der Waals surface area contributed by atoms with Gasteiger partial charge in [-0.1, -0.05) is 53.5 Å². The molecule has 2 aromatic heterocycles. The van der Waals surface area contributed by atoms with E-state index in [1.54, 1.807) is 52.1 Å². The second-order valence-corrected chi connectivity index (χ2v) is 22.8. The highest BCUT2D eigenvalue weighted by molar-refractivity contribution is 7.56. The van der Waals surface area contributed by atoms with Gasteiger partial charge in [-0.2, -0.15) is 0 Å². The van der Waals surface area contributed by atoms with E-state index in [9.17, 15) is 14.4 Å². The zero-order valence-electron chi connectivity index (χ0n) is 43.1. The van der Waals surface area contributed by atoms with Crippen LogP contribution in [0.1, 0.15) is 113 Å². The number of anilines is 1. The lowest BCUT2D eigenvalue weighted by Crippen LogP contribution is -2.58.